The molecule has 0 bridgehead atoms. The van der Waals surface area contributed by atoms with E-state index in [-0.39, 0.29) is 0 Å². The van der Waals surface area contributed by atoms with Crippen LogP contribution in [0.5, 0.6) is 0 Å². The van der Waals surface area contributed by atoms with Crippen LogP contribution >= 0.6 is 0 Å². The van der Waals surface area contributed by atoms with Crippen molar-refractivity contribution >= 4 is 0 Å². The molecule has 18 heavy (non-hydrogen) atoms. The summed E-state index contributed by atoms with van der Waals surface area (Å²) in [5.41, 5.74) is 0.453. The fraction of sp³-hybridized carbons (Fsp3) is 0.800. The van der Waals surface area contributed by atoms with Crippen molar-refractivity contribution in [3.8, 4) is 0 Å². The van der Waals surface area contributed by atoms with Crippen LogP contribution < -0.4 is 5.32 Å². The van der Waals surface area contributed by atoms with Gasteiger partial charge in [-0.1, -0.05) is 13.8 Å². The van der Waals surface area contributed by atoms with E-state index in [0.29, 0.717) is 5.41 Å². The summed E-state index contributed by atoms with van der Waals surface area (Å²) in [6, 6.07) is 0.815. The monoisotopic (exact) mass is 249 g/mol. The highest BCUT2D eigenvalue weighted by Gasteiger charge is 2.29. The van der Waals surface area contributed by atoms with Gasteiger partial charge in [0.15, 0.2) is 0 Å². The van der Waals surface area contributed by atoms with Gasteiger partial charge in [0, 0.05) is 38.4 Å². The summed E-state index contributed by atoms with van der Waals surface area (Å²) >= 11 is 0. The van der Waals surface area contributed by atoms with Gasteiger partial charge in [-0.2, -0.15) is 0 Å². The third kappa shape index (κ3) is 3.35. The van der Waals surface area contributed by atoms with Crippen molar-refractivity contribution in [3.63, 3.8) is 0 Å². The lowest BCUT2D eigenvalue weighted by Crippen LogP contribution is -2.35. The minimum atomic E-state index is 0.453. The van der Waals surface area contributed by atoms with Gasteiger partial charge in [-0.3, -0.25) is 0 Å². The highest BCUT2D eigenvalue weighted by atomic mass is 15.0. The number of aryl methyl sites for hydroxylation is 2. The molecule has 3 nitrogen and oxygen atoms in total. The molecule has 102 valence electrons. The van der Waals surface area contributed by atoms with Crippen LogP contribution in [0.25, 0.3) is 0 Å². The van der Waals surface area contributed by atoms with Gasteiger partial charge in [0.1, 0.15) is 5.82 Å². The van der Waals surface area contributed by atoms with Gasteiger partial charge in [0.05, 0.1) is 0 Å². The van der Waals surface area contributed by atoms with Crippen molar-refractivity contribution in [1.82, 2.24) is 14.9 Å². The summed E-state index contributed by atoms with van der Waals surface area (Å²) < 4.78 is 2.14. The molecule has 1 N–H and O–H groups in total. The van der Waals surface area contributed by atoms with Crippen LogP contribution in [0.3, 0.4) is 0 Å². The van der Waals surface area contributed by atoms with Crippen molar-refractivity contribution in [1.29, 1.82) is 0 Å². The lowest BCUT2D eigenvalue weighted by molar-refractivity contribution is 0.225. The molecule has 0 unspecified atom stereocenters. The van der Waals surface area contributed by atoms with Gasteiger partial charge in [-0.25, -0.2) is 4.98 Å². The molecule has 1 fully saturated rings. The van der Waals surface area contributed by atoms with Gasteiger partial charge in [-0.05, 0) is 37.5 Å². The van der Waals surface area contributed by atoms with E-state index in [4.69, 9.17) is 0 Å². The van der Waals surface area contributed by atoms with Crippen LogP contribution in [-0.2, 0) is 13.5 Å². The number of imidazole rings is 1. The Hall–Kier alpha value is -0.830. The first-order valence-electron chi connectivity index (χ1n) is 7.38. The third-order valence-electron chi connectivity index (χ3n) is 4.64. The normalized spacial score (nSPS) is 16.2. The molecule has 0 spiro atoms. The van der Waals surface area contributed by atoms with E-state index in [2.05, 4.69) is 35.8 Å². The van der Waals surface area contributed by atoms with E-state index in [1.54, 1.807) is 0 Å². The summed E-state index contributed by atoms with van der Waals surface area (Å²) in [6.07, 6.45) is 11.5. The molecule has 1 aliphatic carbocycles. The van der Waals surface area contributed by atoms with Crippen molar-refractivity contribution in [2.45, 2.75) is 58.4 Å². The Balaban J connectivity index is 1.89. The molecular formula is C15H27N3. The van der Waals surface area contributed by atoms with E-state index >= 15 is 0 Å². The SMILES string of the molecule is CCC(CC)(CCc1nccn1C)CNC1CC1. The number of hydrogen-bond acceptors (Lipinski definition) is 2. The van der Waals surface area contributed by atoms with Crippen molar-refractivity contribution in [2.75, 3.05) is 6.54 Å². The summed E-state index contributed by atoms with van der Waals surface area (Å²) in [5, 5.41) is 3.72. The molecule has 0 radical (unpaired) electrons. The van der Waals surface area contributed by atoms with E-state index in [9.17, 15) is 0 Å². The molecule has 0 aliphatic heterocycles. The molecule has 1 heterocycles. The van der Waals surface area contributed by atoms with Crippen molar-refractivity contribution in [3.05, 3.63) is 18.2 Å². The van der Waals surface area contributed by atoms with Crippen LogP contribution in [0, 0.1) is 5.41 Å². The predicted octanol–water partition coefficient (Wildman–Crippen LogP) is 2.91. The molecule has 1 saturated carbocycles. The van der Waals surface area contributed by atoms with Crippen LogP contribution in [-0.4, -0.2) is 22.1 Å². The first-order valence-corrected chi connectivity index (χ1v) is 7.38. The lowest BCUT2D eigenvalue weighted by atomic mass is 9.78. The number of aromatic nitrogens is 2. The van der Waals surface area contributed by atoms with E-state index in [0.717, 1.165) is 12.5 Å². The zero-order valence-corrected chi connectivity index (χ0v) is 12.1. The summed E-state index contributed by atoms with van der Waals surface area (Å²) in [7, 11) is 2.09. The fourth-order valence-electron chi connectivity index (χ4n) is 2.60. The van der Waals surface area contributed by atoms with E-state index < -0.39 is 0 Å². The molecule has 2 rings (SSSR count). The molecule has 3 heteroatoms. The average Bonchev–Trinajstić information content (AvgIpc) is 3.13. The highest BCUT2D eigenvalue weighted by Crippen LogP contribution is 2.32. The Morgan fingerprint density at radius 3 is 2.61 bits per heavy atom. The minimum Gasteiger partial charge on any atom is -0.338 e. The molecule has 0 aromatic carbocycles. The van der Waals surface area contributed by atoms with Crippen LogP contribution in [0.4, 0.5) is 0 Å². The Morgan fingerprint density at radius 2 is 2.11 bits per heavy atom. The standard InChI is InChI=1S/C15H27N3/c1-4-15(5-2,12-17-13-6-7-13)9-8-14-16-10-11-18(14)3/h10-11,13,17H,4-9,12H2,1-3H3. The van der Waals surface area contributed by atoms with Crippen molar-refractivity contribution in [2.24, 2.45) is 12.5 Å². The third-order valence-corrected chi connectivity index (χ3v) is 4.64. The highest BCUT2D eigenvalue weighted by molar-refractivity contribution is 4.94. The largest absolute Gasteiger partial charge is 0.338 e. The molecule has 1 aliphatic rings. The number of nitrogens with one attached hydrogen (secondary N) is 1. The Kier molecular flexibility index (Phi) is 4.44. The summed E-state index contributed by atoms with van der Waals surface area (Å²) in [6.45, 7) is 5.84. The van der Waals surface area contributed by atoms with Crippen molar-refractivity contribution < 1.29 is 0 Å². The van der Waals surface area contributed by atoms with Crippen LogP contribution in [0.1, 0.15) is 51.8 Å². The smallest absolute Gasteiger partial charge is 0.108 e. The number of rotatable bonds is 8. The number of nitrogens with zero attached hydrogens (tertiary/aromatic N) is 2. The fourth-order valence-corrected chi connectivity index (χ4v) is 2.60. The maximum atomic E-state index is 4.44. The molecular weight excluding hydrogens is 222 g/mol. The quantitative estimate of drug-likeness (QED) is 0.767. The molecule has 1 aromatic rings. The van der Waals surface area contributed by atoms with Gasteiger partial charge >= 0.3 is 0 Å². The zero-order chi connectivity index (χ0) is 13.0. The van der Waals surface area contributed by atoms with Gasteiger partial charge in [-0.15, -0.1) is 0 Å². The first-order chi connectivity index (χ1) is 8.69. The van der Waals surface area contributed by atoms with Gasteiger partial charge in [0.25, 0.3) is 0 Å². The summed E-state index contributed by atoms with van der Waals surface area (Å²) in [5.74, 6) is 1.22. The Morgan fingerprint density at radius 1 is 1.39 bits per heavy atom. The second-order valence-electron chi connectivity index (χ2n) is 5.82. The maximum Gasteiger partial charge on any atom is 0.108 e. The average molecular weight is 249 g/mol. The van der Waals surface area contributed by atoms with Gasteiger partial charge in [0.2, 0.25) is 0 Å². The Bertz CT molecular complexity index is 362. The topological polar surface area (TPSA) is 29.9 Å². The van der Waals surface area contributed by atoms with Gasteiger partial charge < -0.3 is 9.88 Å². The second-order valence-corrected chi connectivity index (χ2v) is 5.82. The Labute approximate surface area is 111 Å². The molecule has 0 amide bonds. The second kappa shape index (κ2) is 5.87. The molecule has 0 saturated heterocycles. The van der Waals surface area contributed by atoms with E-state index in [1.165, 1.54) is 44.5 Å². The van der Waals surface area contributed by atoms with Crippen LogP contribution in [0.2, 0.25) is 0 Å². The lowest BCUT2D eigenvalue weighted by Gasteiger charge is -2.32. The van der Waals surface area contributed by atoms with Crippen LogP contribution in [0.15, 0.2) is 12.4 Å². The maximum absolute atomic E-state index is 4.44. The molecule has 1 aromatic heterocycles. The first kappa shape index (κ1) is 13.6. The number of hydrogen-bond donors (Lipinski definition) is 1. The predicted molar refractivity (Wildman–Crippen MR) is 75.6 cm³/mol. The van der Waals surface area contributed by atoms with E-state index in [1.807, 2.05) is 12.4 Å². The zero-order valence-electron chi connectivity index (χ0n) is 12.1. The summed E-state index contributed by atoms with van der Waals surface area (Å²) in [4.78, 5) is 4.44. The molecule has 0 atom stereocenters. The minimum absolute atomic E-state index is 0.453.